The summed E-state index contributed by atoms with van der Waals surface area (Å²) in [4.78, 5) is 4.76. The molecule has 1 atom stereocenters. The van der Waals surface area contributed by atoms with Gasteiger partial charge in [0.25, 0.3) is 0 Å². The second kappa shape index (κ2) is 12.2. The molecule has 2 heteroatoms. The third-order valence-corrected chi connectivity index (χ3v) is 3.96. The highest BCUT2D eigenvalue weighted by molar-refractivity contribution is 5.93. The van der Waals surface area contributed by atoms with E-state index in [1.54, 1.807) is 0 Å². The van der Waals surface area contributed by atoms with Gasteiger partial charge in [0.2, 0.25) is 0 Å². The largest absolute Gasteiger partial charge is 0.387 e. The fourth-order valence-corrected chi connectivity index (χ4v) is 2.66. The summed E-state index contributed by atoms with van der Waals surface area (Å²) < 4.78 is 0. The minimum absolute atomic E-state index is 0.0200. The molecule has 0 aromatic rings. The summed E-state index contributed by atoms with van der Waals surface area (Å²) in [6.45, 7) is 11.8. The van der Waals surface area contributed by atoms with Crippen molar-refractivity contribution < 1.29 is 5.11 Å². The van der Waals surface area contributed by atoms with Crippen molar-refractivity contribution in [3.63, 3.8) is 0 Å². The van der Waals surface area contributed by atoms with Crippen molar-refractivity contribution in [2.24, 2.45) is 10.4 Å². The van der Waals surface area contributed by atoms with Crippen LogP contribution in [0.25, 0.3) is 0 Å². The highest BCUT2D eigenvalue weighted by atomic mass is 16.3. The summed E-state index contributed by atoms with van der Waals surface area (Å²) in [6, 6.07) is 0. The molecule has 0 saturated heterocycles. The van der Waals surface area contributed by atoms with Gasteiger partial charge in [0, 0.05) is 17.7 Å². The average molecular weight is 298 g/mol. The van der Waals surface area contributed by atoms with Crippen molar-refractivity contribution in [3.8, 4) is 0 Å². The van der Waals surface area contributed by atoms with E-state index in [9.17, 15) is 5.11 Å². The molecule has 0 aliphatic rings. The van der Waals surface area contributed by atoms with Gasteiger partial charge in [-0.2, -0.15) is 0 Å². The molecule has 126 valence electrons. The van der Waals surface area contributed by atoms with Crippen LogP contribution >= 0.6 is 0 Å². The molecule has 0 amide bonds. The van der Waals surface area contributed by atoms with Crippen molar-refractivity contribution in [1.82, 2.24) is 0 Å². The highest BCUT2D eigenvalue weighted by Gasteiger charge is 2.25. The monoisotopic (exact) mass is 297 g/mol. The Morgan fingerprint density at radius 2 is 1.38 bits per heavy atom. The van der Waals surface area contributed by atoms with Crippen molar-refractivity contribution in [3.05, 3.63) is 0 Å². The molecule has 0 rings (SSSR count). The lowest BCUT2D eigenvalue weighted by molar-refractivity contribution is 0.214. The first-order valence-corrected chi connectivity index (χ1v) is 9.16. The van der Waals surface area contributed by atoms with Gasteiger partial charge in [0.1, 0.15) is 0 Å². The summed E-state index contributed by atoms with van der Waals surface area (Å²) in [5.41, 5.74) is 0.987. The Morgan fingerprint density at radius 1 is 0.857 bits per heavy atom. The number of aliphatic hydroxyl groups excluding tert-OH is 1. The minimum atomic E-state index is -0.350. The first-order chi connectivity index (χ1) is 9.93. The van der Waals surface area contributed by atoms with Gasteiger partial charge in [-0.3, -0.25) is 4.99 Å². The lowest BCUT2D eigenvalue weighted by Gasteiger charge is -2.26. The smallest absolute Gasteiger partial charge is 0.0921 e. The molecule has 0 spiro atoms. The standard InChI is InChI=1S/C19H39NO/c1-6-8-10-11-12-14-16-20-18(19(3,4)5)17(21)15-13-9-7-2/h17,21H,6-16H2,1-5H3. The summed E-state index contributed by atoms with van der Waals surface area (Å²) in [5, 5.41) is 10.4. The van der Waals surface area contributed by atoms with E-state index in [0.29, 0.717) is 0 Å². The molecule has 0 aliphatic heterocycles. The lowest BCUT2D eigenvalue weighted by Crippen LogP contribution is -2.33. The Kier molecular flexibility index (Phi) is 12.0. The molecule has 21 heavy (non-hydrogen) atoms. The van der Waals surface area contributed by atoms with Gasteiger partial charge < -0.3 is 5.11 Å². The Bertz CT molecular complexity index is 265. The van der Waals surface area contributed by atoms with Crippen molar-refractivity contribution >= 4 is 5.71 Å². The van der Waals surface area contributed by atoms with Crippen LogP contribution in [-0.4, -0.2) is 23.5 Å². The maximum absolute atomic E-state index is 10.4. The lowest BCUT2D eigenvalue weighted by atomic mass is 9.85. The minimum Gasteiger partial charge on any atom is -0.387 e. The fraction of sp³-hybridized carbons (Fsp3) is 0.947. The number of hydrogen-bond donors (Lipinski definition) is 1. The van der Waals surface area contributed by atoms with E-state index in [0.717, 1.165) is 31.5 Å². The Labute approximate surface area is 133 Å². The van der Waals surface area contributed by atoms with Gasteiger partial charge in [-0.1, -0.05) is 86.0 Å². The van der Waals surface area contributed by atoms with Crippen LogP contribution < -0.4 is 0 Å². The number of nitrogens with zero attached hydrogens (tertiary/aromatic N) is 1. The van der Waals surface area contributed by atoms with Crippen LogP contribution in [-0.2, 0) is 0 Å². The second-order valence-corrected chi connectivity index (χ2v) is 7.30. The van der Waals surface area contributed by atoms with Crippen LogP contribution in [0.4, 0.5) is 0 Å². The maximum atomic E-state index is 10.4. The highest BCUT2D eigenvalue weighted by Crippen LogP contribution is 2.22. The SMILES string of the molecule is CCCCCCCCN=C(C(O)CCCCC)C(C)(C)C. The first kappa shape index (κ1) is 20.6. The summed E-state index contributed by atoms with van der Waals surface area (Å²) in [7, 11) is 0. The second-order valence-electron chi connectivity index (χ2n) is 7.30. The zero-order valence-corrected chi connectivity index (χ0v) is 15.2. The normalized spacial score (nSPS) is 14.5. The van der Waals surface area contributed by atoms with E-state index in [1.807, 2.05) is 0 Å². The van der Waals surface area contributed by atoms with E-state index < -0.39 is 0 Å². The Hall–Kier alpha value is -0.370. The molecular weight excluding hydrogens is 258 g/mol. The van der Waals surface area contributed by atoms with E-state index in [-0.39, 0.29) is 11.5 Å². The van der Waals surface area contributed by atoms with Gasteiger partial charge in [-0.25, -0.2) is 0 Å². The number of aliphatic imine (C=N–C) groups is 1. The average Bonchev–Trinajstić information content (AvgIpc) is 2.40. The zero-order chi connectivity index (χ0) is 16.1. The van der Waals surface area contributed by atoms with Gasteiger partial charge in [0.05, 0.1) is 6.10 Å². The number of unbranched alkanes of at least 4 members (excludes halogenated alkanes) is 7. The quantitative estimate of drug-likeness (QED) is 0.359. The summed E-state index contributed by atoms with van der Waals surface area (Å²) in [6.07, 6.45) is 11.8. The van der Waals surface area contributed by atoms with Crippen molar-refractivity contribution in [2.45, 2.75) is 105 Å². The maximum Gasteiger partial charge on any atom is 0.0921 e. The molecule has 0 heterocycles. The van der Waals surface area contributed by atoms with Crippen LogP contribution in [0, 0.1) is 5.41 Å². The fourth-order valence-electron chi connectivity index (χ4n) is 2.66. The predicted octanol–water partition coefficient (Wildman–Crippen LogP) is 5.78. The molecule has 0 fully saturated rings. The van der Waals surface area contributed by atoms with E-state index in [2.05, 4.69) is 34.6 Å². The van der Waals surface area contributed by atoms with Crippen LogP contribution in [0.1, 0.15) is 98.8 Å². The molecule has 0 aromatic carbocycles. The number of rotatable bonds is 12. The van der Waals surface area contributed by atoms with Crippen LogP contribution in [0.5, 0.6) is 0 Å². The van der Waals surface area contributed by atoms with Gasteiger partial charge in [-0.05, 0) is 12.8 Å². The molecule has 2 nitrogen and oxygen atoms in total. The zero-order valence-electron chi connectivity index (χ0n) is 15.2. The number of aliphatic hydroxyl groups is 1. The Balaban J connectivity index is 4.19. The molecule has 1 N–H and O–H groups in total. The van der Waals surface area contributed by atoms with E-state index in [1.165, 1.54) is 44.9 Å². The topological polar surface area (TPSA) is 32.6 Å². The summed E-state index contributed by atoms with van der Waals surface area (Å²) >= 11 is 0. The molecule has 0 saturated carbocycles. The molecule has 1 unspecified atom stereocenters. The first-order valence-electron chi connectivity index (χ1n) is 9.16. The van der Waals surface area contributed by atoms with Gasteiger partial charge >= 0.3 is 0 Å². The van der Waals surface area contributed by atoms with Gasteiger partial charge in [-0.15, -0.1) is 0 Å². The van der Waals surface area contributed by atoms with E-state index in [4.69, 9.17) is 4.99 Å². The van der Waals surface area contributed by atoms with Crippen molar-refractivity contribution in [1.29, 1.82) is 0 Å². The molecule has 0 aliphatic carbocycles. The number of hydrogen-bond acceptors (Lipinski definition) is 2. The van der Waals surface area contributed by atoms with Gasteiger partial charge in [0.15, 0.2) is 0 Å². The molecule has 0 radical (unpaired) electrons. The third-order valence-electron chi connectivity index (χ3n) is 3.96. The Morgan fingerprint density at radius 3 is 1.95 bits per heavy atom. The van der Waals surface area contributed by atoms with Crippen LogP contribution in [0.2, 0.25) is 0 Å². The van der Waals surface area contributed by atoms with Crippen LogP contribution in [0.15, 0.2) is 4.99 Å². The molecular formula is C19H39NO. The molecule has 0 aromatic heterocycles. The molecule has 0 bridgehead atoms. The van der Waals surface area contributed by atoms with Crippen LogP contribution in [0.3, 0.4) is 0 Å². The third kappa shape index (κ3) is 10.9. The predicted molar refractivity (Wildman–Crippen MR) is 95.3 cm³/mol. The van der Waals surface area contributed by atoms with E-state index >= 15 is 0 Å². The summed E-state index contributed by atoms with van der Waals surface area (Å²) in [5.74, 6) is 0. The van der Waals surface area contributed by atoms with Crippen molar-refractivity contribution in [2.75, 3.05) is 6.54 Å².